The molecule has 0 atom stereocenters. The Hall–Kier alpha value is -2.69. The van der Waals surface area contributed by atoms with Crippen LogP contribution in [0.2, 0.25) is 0 Å². The van der Waals surface area contributed by atoms with Gasteiger partial charge in [0.1, 0.15) is 5.82 Å². The summed E-state index contributed by atoms with van der Waals surface area (Å²) in [6.07, 6.45) is 5.18. The standard InChI is InChI=1S/C18H21N3O2/c1-2-3-4-8-17(22)20-15-11-9-14(10-12-15)18(23)21-16-7-5-6-13-19-16/h5-7,9-13H,2-4,8H2,1H3,(H,20,22)(H,19,21,23). The van der Waals surface area contributed by atoms with Crippen LogP contribution in [0.25, 0.3) is 0 Å². The first kappa shape index (κ1) is 16.7. The third-order valence-electron chi connectivity index (χ3n) is 3.34. The minimum absolute atomic E-state index is 0.00383. The van der Waals surface area contributed by atoms with E-state index in [9.17, 15) is 9.59 Å². The molecule has 0 aliphatic rings. The van der Waals surface area contributed by atoms with Crippen molar-refractivity contribution in [3.63, 3.8) is 0 Å². The molecule has 0 bridgehead atoms. The molecule has 0 fully saturated rings. The molecule has 0 saturated heterocycles. The van der Waals surface area contributed by atoms with Crippen LogP contribution < -0.4 is 10.6 Å². The van der Waals surface area contributed by atoms with E-state index in [1.54, 1.807) is 48.7 Å². The first-order valence-electron chi connectivity index (χ1n) is 7.81. The highest BCUT2D eigenvalue weighted by molar-refractivity contribution is 6.04. The fourth-order valence-electron chi connectivity index (χ4n) is 2.09. The zero-order valence-electron chi connectivity index (χ0n) is 13.2. The minimum atomic E-state index is -0.232. The molecule has 0 radical (unpaired) electrons. The van der Waals surface area contributed by atoms with Gasteiger partial charge < -0.3 is 10.6 Å². The predicted octanol–water partition coefficient (Wildman–Crippen LogP) is 3.85. The zero-order valence-corrected chi connectivity index (χ0v) is 13.2. The summed E-state index contributed by atoms with van der Waals surface area (Å²) < 4.78 is 0. The maximum absolute atomic E-state index is 12.1. The molecule has 0 unspecified atom stereocenters. The van der Waals surface area contributed by atoms with Crippen LogP contribution in [0.4, 0.5) is 11.5 Å². The van der Waals surface area contributed by atoms with Crippen molar-refractivity contribution in [1.82, 2.24) is 4.98 Å². The molecular formula is C18H21N3O2. The average molecular weight is 311 g/mol. The lowest BCUT2D eigenvalue weighted by Crippen LogP contribution is -2.14. The van der Waals surface area contributed by atoms with Gasteiger partial charge in [0.2, 0.25) is 5.91 Å². The molecule has 1 aromatic heterocycles. The number of hydrogen-bond donors (Lipinski definition) is 2. The van der Waals surface area contributed by atoms with Crippen LogP contribution in [-0.2, 0) is 4.79 Å². The van der Waals surface area contributed by atoms with Crippen LogP contribution in [0.15, 0.2) is 48.7 Å². The Kier molecular flexibility index (Phi) is 6.29. The Morgan fingerprint density at radius 2 is 1.78 bits per heavy atom. The lowest BCUT2D eigenvalue weighted by Gasteiger charge is -2.07. The molecule has 120 valence electrons. The number of pyridine rings is 1. The molecule has 23 heavy (non-hydrogen) atoms. The number of unbranched alkanes of at least 4 members (excludes halogenated alkanes) is 2. The molecule has 2 N–H and O–H groups in total. The van der Waals surface area contributed by atoms with Crippen LogP contribution in [0.5, 0.6) is 0 Å². The molecular weight excluding hydrogens is 290 g/mol. The summed E-state index contributed by atoms with van der Waals surface area (Å²) in [5.41, 5.74) is 1.21. The predicted molar refractivity (Wildman–Crippen MR) is 91.4 cm³/mol. The molecule has 0 aliphatic carbocycles. The van der Waals surface area contributed by atoms with Gasteiger partial charge in [-0.25, -0.2) is 4.98 Å². The second kappa shape index (κ2) is 8.68. The molecule has 2 amide bonds. The number of nitrogens with one attached hydrogen (secondary N) is 2. The molecule has 1 aromatic carbocycles. The molecule has 1 heterocycles. The molecule has 5 nitrogen and oxygen atoms in total. The van der Waals surface area contributed by atoms with E-state index in [-0.39, 0.29) is 11.8 Å². The van der Waals surface area contributed by atoms with Gasteiger partial charge in [-0.05, 0) is 42.8 Å². The third-order valence-corrected chi connectivity index (χ3v) is 3.34. The van der Waals surface area contributed by atoms with Crippen LogP contribution in [0.1, 0.15) is 43.0 Å². The average Bonchev–Trinajstić information content (AvgIpc) is 2.56. The Morgan fingerprint density at radius 3 is 2.43 bits per heavy atom. The molecule has 0 saturated carbocycles. The fourth-order valence-corrected chi connectivity index (χ4v) is 2.09. The largest absolute Gasteiger partial charge is 0.326 e. The van der Waals surface area contributed by atoms with Crippen molar-refractivity contribution in [2.24, 2.45) is 0 Å². The van der Waals surface area contributed by atoms with Crippen LogP contribution in [0.3, 0.4) is 0 Å². The SMILES string of the molecule is CCCCCC(=O)Nc1ccc(C(=O)Nc2ccccn2)cc1. The molecule has 2 rings (SSSR count). The van der Waals surface area contributed by atoms with E-state index >= 15 is 0 Å². The summed E-state index contributed by atoms with van der Waals surface area (Å²) in [4.78, 5) is 27.9. The Morgan fingerprint density at radius 1 is 1.00 bits per heavy atom. The fraction of sp³-hybridized carbons (Fsp3) is 0.278. The van der Waals surface area contributed by atoms with E-state index in [0.717, 1.165) is 19.3 Å². The van der Waals surface area contributed by atoms with Gasteiger partial charge in [-0.1, -0.05) is 25.8 Å². The first-order valence-corrected chi connectivity index (χ1v) is 7.81. The number of amides is 2. The van der Waals surface area contributed by atoms with Gasteiger partial charge in [-0.3, -0.25) is 9.59 Å². The summed E-state index contributed by atoms with van der Waals surface area (Å²) >= 11 is 0. The number of hydrogen-bond acceptors (Lipinski definition) is 3. The molecule has 5 heteroatoms. The summed E-state index contributed by atoms with van der Waals surface area (Å²) in [6, 6.07) is 12.1. The van der Waals surface area contributed by atoms with Crippen LogP contribution in [0, 0.1) is 0 Å². The molecule has 0 aliphatic heterocycles. The first-order chi connectivity index (χ1) is 11.2. The van der Waals surface area contributed by atoms with E-state index < -0.39 is 0 Å². The third kappa shape index (κ3) is 5.54. The summed E-state index contributed by atoms with van der Waals surface area (Å²) in [6.45, 7) is 2.10. The van der Waals surface area contributed by atoms with Gasteiger partial charge >= 0.3 is 0 Å². The van der Waals surface area contributed by atoms with Crippen LogP contribution in [-0.4, -0.2) is 16.8 Å². The van der Waals surface area contributed by atoms with Crippen molar-refractivity contribution in [2.75, 3.05) is 10.6 Å². The number of nitrogens with zero attached hydrogens (tertiary/aromatic N) is 1. The Balaban J connectivity index is 1.88. The van der Waals surface area contributed by atoms with Crippen molar-refractivity contribution in [3.05, 3.63) is 54.2 Å². The van der Waals surface area contributed by atoms with Crippen molar-refractivity contribution < 1.29 is 9.59 Å². The van der Waals surface area contributed by atoms with Crippen molar-refractivity contribution in [1.29, 1.82) is 0 Å². The maximum Gasteiger partial charge on any atom is 0.256 e. The van der Waals surface area contributed by atoms with Gasteiger partial charge in [-0.15, -0.1) is 0 Å². The lowest BCUT2D eigenvalue weighted by atomic mass is 10.1. The smallest absolute Gasteiger partial charge is 0.256 e. The second-order valence-electron chi connectivity index (χ2n) is 5.25. The lowest BCUT2D eigenvalue weighted by molar-refractivity contribution is -0.116. The number of carbonyl (C=O) groups excluding carboxylic acids is 2. The van der Waals surface area contributed by atoms with Crippen LogP contribution >= 0.6 is 0 Å². The van der Waals surface area contributed by atoms with Gasteiger partial charge in [-0.2, -0.15) is 0 Å². The van der Waals surface area contributed by atoms with Crippen molar-refractivity contribution in [3.8, 4) is 0 Å². The van der Waals surface area contributed by atoms with E-state index in [0.29, 0.717) is 23.5 Å². The van der Waals surface area contributed by atoms with Crippen molar-refractivity contribution in [2.45, 2.75) is 32.6 Å². The number of carbonyl (C=O) groups is 2. The highest BCUT2D eigenvalue weighted by atomic mass is 16.2. The maximum atomic E-state index is 12.1. The Labute approximate surface area is 136 Å². The summed E-state index contributed by atoms with van der Waals surface area (Å²) in [5, 5.41) is 5.55. The second-order valence-corrected chi connectivity index (χ2v) is 5.25. The summed E-state index contributed by atoms with van der Waals surface area (Å²) in [7, 11) is 0. The van der Waals surface area contributed by atoms with E-state index in [4.69, 9.17) is 0 Å². The number of rotatable bonds is 7. The highest BCUT2D eigenvalue weighted by Gasteiger charge is 2.07. The minimum Gasteiger partial charge on any atom is -0.326 e. The van der Waals surface area contributed by atoms with Gasteiger partial charge in [0.15, 0.2) is 0 Å². The van der Waals surface area contributed by atoms with E-state index in [2.05, 4.69) is 22.5 Å². The Bertz CT molecular complexity index is 639. The monoisotopic (exact) mass is 311 g/mol. The number of anilines is 2. The topological polar surface area (TPSA) is 71.1 Å². The van der Waals surface area contributed by atoms with E-state index in [1.807, 2.05) is 0 Å². The van der Waals surface area contributed by atoms with Gasteiger partial charge in [0, 0.05) is 23.9 Å². The zero-order chi connectivity index (χ0) is 16.5. The normalized spacial score (nSPS) is 10.1. The molecule has 0 spiro atoms. The van der Waals surface area contributed by atoms with Crippen molar-refractivity contribution >= 4 is 23.3 Å². The quantitative estimate of drug-likeness (QED) is 0.763. The van der Waals surface area contributed by atoms with Gasteiger partial charge in [0.05, 0.1) is 0 Å². The number of benzene rings is 1. The molecule has 2 aromatic rings. The highest BCUT2D eigenvalue weighted by Crippen LogP contribution is 2.12. The van der Waals surface area contributed by atoms with E-state index in [1.165, 1.54) is 0 Å². The van der Waals surface area contributed by atoms with Gasteiger partial charge in [0.25, 0.3) is 5.91 Å². The number of aromatic nitrogens is 1. The summed E-state index contributed by atoms with van der Waals surface area (Å²) in [5.74, 6) is 0.277.